The molecule has 0 radical (unpaired) electrons. The molecular formula is C28H21N3O4S. The highest BCUT2D eigenvalue weighted by atomic mass is 32.2. The van der Waals surface area contributed by atoms with Gasteiger partial charge in [0, 0.05) is 27.9 Å². The van der Waals surface area contributed by atoms with Gasteiger partial charge in [-0.05, 0) is 73.0 Å². The number of nitrogens with zero attached hydrogens (tertiary/aromatic N) is 2. The number of benzene rings is 3. The first kappa shape index (κ1) is 22.2. The molecule has 0 aliphatic carbocycles. The van der Waals surface area contributed by atoms with Gasteiger partial charge in [-0.15, -0.1) is 0 Å². The predicted molar refractivity (Wildman–Crippen MR) is 138 cm³/mol. The van der Waals surface area contributed by atoms with Crippen LogP contribution in [0.25, 0.3) is 17.0 Å². The molecule has 3 aromatic carbocycles. The maximum Gasteiger partial charge on any atom is 0.261 e. The molecule has 0 atom stereocenters. The first-order valence-corrected chi connectivity index (χ1v) is 12.9. The average molecular weight is 496 g/mol. The highest BCUT2D eigenvalue weighted by Crippen LogP contribution is 2.37. The molecule has 6 rings (SSSR count). The van der Waals surface area contributed by atoms with Gasteiger partial charge in [-0.1, -0.05) is 24.3 Å². The van der Waals surface area contributed by atoms with Gasteiger partial charge in [0.05, 0.1) is 28.1 Å². The lowest BCUT2D eigenvalue weighted by molar-refractivity contribution is 0.0642. The van der Waals surface area contributed by atoms with Crippen molar-refractivity contribution in [1.82, 2.24) is 9.88 Å². The molecule has 2 aliphatic rings. The van der Waals surface area contributed by atoms with Crippen LogP contribution >= 0.6 is 0 Å². The fraction of sp³-hybridized carbons (Fsp3) is 0.107. The zero-order valence-corrected chi connectivity index (χ0v) is 20.4. The van der Waals surface area contributed by atoms with Gasteiger partial charge in [0.2, 0.25) is 9.84 Å². The number of nitrogens with one attached hydrogen (secondary N) is 1. The van der Waals surface area contributed by atoms with Gasteiger partial charge < -0.3 is 5.32 Å². The minimum absolute atomic E-state index is 0.148. The second-order valence-corrected chi connectivity index (χ2v) is 11.1. The second kappa shape index (κ2) is 7.86. The molecule has 178 valence electrons. The molecule has 0 unspecified atom stereocenters. The lowest BCUT2D eigenvalue weighted by atomic mass is 10.1. The number of allylic oxidation sites excluding steroid dienone is 1. The zero-order valence-electron chi connectivity index (χ0n) is 19.6. The Morgan fingerprint density at radius 1 is 0.889 bits per heavy atom. The summed E-state index contributed by atoms with van der Waals surface area (Å²) in [6.07, 6.45) is 3.34. The molecule has 1 aromatic heterocycles. The van der Waals surface area contributed by atoms with E-state index in [-0.39, 0.29) is 23.3 Å². The standard InChI is InChI=1S/C28H21N3O4S/c1-16-7-8-18(15-31-27(32)20-5-3-4-6-21(20)28(31)33)12-24(16)30-23-9-10-29-25-13-19-11-17(2)36(34,35)26(19)14-22(23)25/h3-14H,15H2,1-2H3,(H,29,30). The van der Waals surface area contributed by atoms with Crippen molar-refractivity contribution in [2.45, 2.75) is 25.3 Å². The number of aromatic nitrogens is 1. The summed E-state index contributed by atoms with van der Waals surface area (Å²) in [4.78, 5) is 31.9. The number of hydrogen-bond donors (Lipinski definition) is 1. The summed E-state index contributed by atoms with van der Waals surface area (Å²) in [5.74, 6) is -0.602. The summed E-state index contributed by atoms with van der Waals surface area (Å²) >= 11 is 0. The number of hydrogen-bond acceptors (Lipinski definition) is 6. The Kier molecular flexibility index (Phi) is 4.84. The SMILES string of the molecule is CC1=Cc2cc3nccc(Nc4cc(CN5C(=O)c6ccccc6C5=O)ccc4C)c3cc2S1(=O)=O. The molecule has 0 saturated carbocycles. The van der Waals surface area contributed by atoms with E-state index in [1.807, 2.05) is 25.1 Å². The minimum atomic E-state index is -3.49. The van der Waals surface area contributed by atoms with Crippen molar-refractivity contribution in [2.24, 2.45) is 0 Å². The number of rotatable bonds is 4. The zero-order chi connectivity index (χ0) is 25.2. The monoisotopic (exact) mass is 495 g/mol. The Morgan fingerprint density at radius 2 is 1.61 bits per heavy atom. The molecule has 2 amide bonds. The van der Waals surface area contributed by atoms with Crippen molar-refractivity contribution in [1.29, 1.82) is 0 Å². The Morgan fingerprint density at radius 3 is 2.33 bits per heavy atom. The summed E-state index contributed by atoms with van der Waals surface area (Å²) < 4.78 is 25.5. The maximum absolute atomic E-state index is 12.8. The highest BCUT2D eigenvalue weighted by molar-refractivity contribution is 7.95. The third-order valence-corrected chi connectivity index (χ3v) is 8.63. The molecule has 0 bridgehead atoms. The van der Waals surface area contributed by atoms with Crippen LogP contribution in [0.15, 0.2) is 76.7 Å². The van der Waals surface area contributed by atoms with Crippen molar-refractivity contribution in [3.05, 3.63) is 99.6 Å². The van der Waals surface area contributed by atoms with Crippen LogP contribution in [-0.2, 0) is 16.4 Å². The van der Waals surface area contributed by atoms with Crippen molar-refractivity contribution < 1.29 is 18.0 Å². The number of pyridine rings is 1. The Labute approximate surface area is 208 Å². The molecule has 1 N–H and O–H groups in total. The Hall–Kier alpha value is -4.30. The molecule has 36 heavy (non-hydrogen) atoms. The van der Waals surface area contributed by atoms with Gasteiger partial charge in [-0.25, -0.2) is 8.42 Å². The van der Waals surface area contributed by atoms with Crippen molar-refractivity contribution in [3.63, 3.8) is 0 Å². The van der Waals surface area contributed by atoms with E-state index in [9.17, 15) is 18.0 Å². The number of amides is 2. The maximum atomic E-state index is 12.8. The topological polar surface area (TPSA) is 96.4 Å². The highest BCUT2D eigenvalue weighted by Gasteiger charge is 2.35. The smallest absolute Gasteiger partial charge is 0.261 e. The summed E-state index contributed by atoms with van der Waals surface area (Å²) in [7, 11) is -3.49. The third kappa shape index (κ3) is 3.33. The number of carbonyl (C=O) groups excluding carboxylic acids is 2. The lowest BCUT2D eigenvalue weighted by Gasteiger charge is -2.17. The summed E-state index contributed by atoms with van der Waals surface area (Å²) in [5, 5.41) is 4.10. The number of aryl methyl sites for hydroxylation is 1. The Balaban J connectivity index is 1.34. The quantitative estimate of drug-likeness (QED) is 0.390. The van der Waals surface area contributed by atoms with E-state index in [2.05, 4.69) is 10.3 Å². The molecule has 2 aliphatic heterocycles. The number of imide groups is 1. The summed E-state index contributed by atoms with van der Waals surface area (Å²) in [6, 6.07) is 17.8. The van der Waals surface area contributed by atoms with Crippen LogP contribution in [0.5, 0.6) is 0 Å². The first-order chi connectivity index (χ1) is 17.2. The van der Waals surface area contributed by atoms with E-state index in [0.717, 1.165) is 16.8 Å². The van der Waals surface area contributed by atoms with Crippen molar-refractivity contribution in [3.8, 4) is 0 Å². The average Bonchev–Trinajstić information content (AvgIpc) is 3.23. The number of carbonyl (C=O) groups is 2. The molecule has 0 saturated heterocycles. The Bertz CT molecular complexity index is 1740. The predicted octanol–water partition coefficient (Wildman–Crippen LogP) is 5.23. The van der Waals surface area contributed by atoms with E-state index in [0.29, 0.717) is 38.2 Å². The molecule has 7 nitrogen and oxygen atoms in total. The molecule has 4 aromatic rings. The van der Waals surface area contributed by atoms with Crippen LogP contribution in [-0.4, -0.2) is 30.1 Å². The van der Waals surface area contributed by atoms with Crippen LogP contribution in [0.3, 0.4) is 0 Å². The lowest BCUT2D eigenvalue weighted by Crippen LogP contribution is -2.29. The fourth-order valence-corrected chi connectivity index (χ4v) is 6.06. The molecule has 3 heterocycles. The van der Waals surface area contributed by atoms with E-state index in [4.69, 9.17) is 0 Å². The summed E-state index contributed by atoms with van der Waals surface area (Å²) in [6.45, 7) is 3.69. The number of fused-ring (bicyclic) bond motifs is 3. The van der Waals surface area contributed by atoms with E-state index < -0.39 is 9.84 Å². The largest absolute Gasteiger partial charge is 0.355 e. The van der Waals surface area contributed by atoms with Crippen LogP contribution in [0.2, 0.25) is 0 Å². The number of sulfone groups is 1. The van der Waals surface area contributed by atoms with Gasteiger partial charge in [-0.3, -0.25) is 19.5 Å². The van der Waals surface area contributed by atoms with Gasteiger partial charge in [0.1, 0.15) is 0 Å². The van der Waals surface area contributed by atoms with Crippen molar-refractivity contribution in [2.75, 3.05) is 5.32 Å². The van der Waals surface area contributed by atoms with Crippen LogP contribution in [0, 0.1) is 6.92 Å². The van der Waals surface area contributed by atoms with Crippen LogP contribution < -0.4 is 5.32 Å². The van der Waals surface area contributed by atoms with Crippen LogP contribution in [0.1, 0.15) is 44.3 Å². The van der Waals surface area contributed by atoms with Crippen LogP contribution in [0.4, 0.5) is 11.4 Å². The second-order valence-electron chi connectivity index (χ2n) is 9.04. The van der Waals surface area contributed by atoms with Gasteiger partial charge >= 0.3 is 0 Å². The fourth-order valence-electron chi connectivity index (χ4n) is 4.73. The molecule has 0 fully saturated rings. The first-order valence-electron chi connectivity index (χ1n) is 11.4. The molecule has 8 heteroatoms. The normalized spacial score (nSPS) is 15.7. The number of anilines is 2. The van der Waals surface area contributed by atoms with Gasteiger partial charge in [-0.2, -0.15) is 0 Å². The third-order valence-electron chi connectivity index (χ3n) is 6.74. The molecule has 0 spiro atoms. The van der Waals surface area contributed by atoms with E-state index in [1.54, 1.807) is 61.7 Å². The minimum Gasteiger partial charge on any atom is -0.355 e. The van der Waals surface area contributed by atoms with E-state index in [1.165, 1.54) is 4.90 Å². The molecular weight excluding hydrogens is 474 g/mol. The van der Waals surface area contributed by atoms with Gasteiger partial charge in [0.25, 0.3) is 11.8 Å². The van der Waals surface area contributed by atoms with Gasteiger partial charge in [0.15, 0.2) is 0 Å². The van der Waals surface area contributed by atoms with Crippen molar-refractivity contribution >= 4 is 50.0 Å². The summed E-state index contributed by atoms with van der Waals surface area (Å²) in [5.41, 5.74) is 5.41. The van der Waals surface area contributed by atoms with E-state index >= 15 is 0 Å².